The van der Waals surface area contributed by atoms with Gasteiger partial charge in [0.2, 0.25) is 0 Å². The van der Waals surface area contributed by atoms with E-state index in [1.165, 1.54) is 24.8 Å². The topological polar surface area (TPSA) is 28.2 Å². The number of nitrogens with one attached hydrogen (secondary N) is 1. The number of rotatable bonds is 8. The van der Waals surface area contributed by atoms with Crippen LogP contribution in [0.15, 0.2) is 24.5 Å². The molecule has 1 aromatic heterocycles. The molecule has 1 aliphatic rings. The SMILES string of the molecule is CCC(C)(CNC1CC1)CN(C)Cc1cccnc1. The maximum atomic E-state index is 4.18. The fourth-order valence-corrected chi connectivity index (χ4v) is 2.48. The molecule has 1 fully saturated rings. The number of pyridine rings is 1. The van der Waals surface area contributed by atoms with Crippen LogP contribution in [0.4, 0.5) is 0 Å². The van der Waals surface area contributed by atoms with Gasteiger partial charge in [-0.3, -0.25) is 4.98 Å². The second-order valence-electron chi connectivity index (χ2n) is 6.35. The van der Waals surface area contributed by atoms with Gasteiger partial charge in [0.25, 0.3) is 0 Å². The van der Waals surface area contributed by atoms with Crippen LogP contribution in [-0.2, 0) is 6.54 Å². The Morgan fingerprint density at radius 3 is 2.84 bits per heavy atom. The van der Waals surface area contributed by atoms with E-state index in [1.807, 2.05) is 18.5 Å². The van der Waals surface area contributed by atoms with Crippen LogP contribution in [0, 0.1) is 5.41 Å². The molecule has 1 unspecified atom stereocenters. The second kappa shape index (κ2) is 6.49. The van der Waals surface area contributed by atoms with E-state index < -0.39 is 0 Å². The molecular formula is C16H27N3. The van der Waals surface area contributed by atoms with E-state index in [4.69, 9.17) is 0 Å². The molecule has 0 aromatic carbocycles. The molecule has 0 radical (unpaired) electrons. The van der Waals surface area contributed by atoms with E-state index in [1.54, 1.807) is 0 Å². The van der Waals surface area contributed by atoms with Crippen LogP contribution in [0.3, 0.4) is 0 Å². The van der Waals surface area contributed by atoms with Gasteiger partial charge in [0.05, 0.1) is 0 Å². The Morgan fingerprint density at radius 2 is 2.26 bits per heavy atom. The zero-order valence-electron chi connectivity index (χ0n) is 12.5. The Labute approximate surface area is 117 Å². The Balaban J connectivity index is 1.82. The van der Waals surface area contributed by atoms with Crippen LogP contribution in [0.2, 0.25) is 0 Å². The minimum atomic E-state index is 0.361. The molecule has 3 heteroatoms. The summed E-state index contributed by atoms with van der Waals surface area (Å²) in [6.07, 6.45) is 7.74. The van der Waals surface area contributed by atoms with E-state index in [2.05, 4.69) is 42.2 Å². The largest absolute Gasteiger partial charge is 0.313 e. The van der Waals surface area contributed by atoms with E-state index in [0.717, 1.165) is 25.7 Å². The quantitative estimate of drug-likeness (QED) is 0.780. The summed E-state index contributed by atoms with van der Waals surface area (Å²) in [6, 6.07) is 4.96. The summed E-state index contributed by atoms with van der Waals surface area (Å²) in [4.78, 5) is 6.59. The van der Waals surface area contributed by atoms with Gasteiger partial charge in [-0.05, 0) is 43.4 Å². The van der Waals surface area contributed by atoms with Crippen LogP contribution in [0.1, 0.15) is 38.7 Å². The Bertz CT molecular complexity index is 375. The molecule has 1 N–H and O–H groups in total. The molecule has 0 saturated heterocycles. The first-order valence-corrected chi connectivity index (χ1v) is 7.42. The lowest BCUT2D eigenvalue weighted by molar-refractivity contribution is 0.174. The first kappa shape index (κ1) is 14.5. The summed E-state index contributed by atoms with van der Waals surface area (Å²) in [7, 11) is 2.21. The third-order valence-electron chi connectivity index (χ3n) is 4.08. The molecule has 1 heterocycles. The summed E-state index contributed by atoms with van der Waals surface area (Å²) < 4.78 is 0. The Kier molecular flexibility index (Phi) is 4.94. The smallest absolute Gasteiger partial charge is 0.0312 e. The predicted octanol–water partition coefficient (Wildman–Crippen LogP) is 2.68. The highest BCUT2D eigenvalue weighted by molar-refractivity contribution is 5.08. The van der Waals surface area contributed by atoms with Crippen LogP contribution in [-0.4, -0.2) is 36.1 Å². The van der Waals surface area contributed by atoms with Crippen LogP contribution in [0.25, 0.3) is 0 Å². The molecule has 19 heavy (non-hydrogen) atoms. The maximum Gasteiger partial charge on any atom is 0.0312 e. The van der Waals surface area contributed by atoms with Gasteiger partial charge in [-0.25, -0.2) is 0 Å². The first-order valence-electron chi connectivity index (χ1n) is 7.42. The molecule has 0 spiro atoms. The van der Waals surface area contributed by atoms with E-state index in [0.29, 0.717) is 5.41 Å². The van der Waals surface area contributed by atoms with Crippen molar-refractivity contribution in [1.29, 1.82) is 0 Å². The third-order valence-corrected chi connectivity index (χ3v) is 4.08. The predicted molar refractivity (Wildman–Crippen MR) is 80.0 cm³/mol. The van der Waals surface area contributed by atoms with Crippen molar-refractivity contribution in [2.45, 2.75) is 45.7 Å². The van der Waals surface area contributed by atoms with Crippen molar-refractivity contribution in [3.8, 4) is 0 Å². The van der Waals surface area contributed by atoms with Crippen molar-refractivity contribution in [2.24, 2.45) is 5.41 Å². The monoisotopic (exact) mass is 261 g/mol. The fourth-order valence-electron chi connectivity index (χ4n) is 2.48. The molecule has 3 nitrogen and oxygen atoms in total. The van der Waals surface area contributed by atoms with Gasteiger partial charge in [-0.15, -0.1) is 0 Å². The van der Waals surface area contributed by atoms with Crippen LogP contribution in [0.5, 0.6) is 0 Å². The van der Waals surface area contributed by atoms with Crippen molar-refractivity contribution in [2.75, 3.05) is 20.1 Å². The number of aromatic nitrogens is 1. The highest BCUT2D eigenvalue weighted by Crippen LogP contribution is 2.25. The van der Waals surface area contributed by atoms with Crippen molar-refractivity contribution < 1.29 is 0 Å². The number of hydrogen-bond acceptors (Lipinski definition) is 3. The van der Waals surface area contributed by atoms with E-state index in [-0.39, 0.29) is 0 Å². The van der Waals surface area contributed by atoms with Crippen LogP contribution < -0.4 is 5.32 Å². The average Bonchev–Trinajstić information content (AvgIpc) is 3.21. The molecular weight excluding hydrogens is 234 g/mol. The fraction of sp³-hybridized carbons (Fsp3) is 0.688. The van der Waals surface area contributed by atoms with Gasteiger partial charge in [0.1, 0.15) is 0 Å². The highest BCUT2D eigenvalue weighted by atomic mass is 15.1. The standard InChI is InChI=1S/C16H27N3/c1-4-16(2,12-18-15-7-8-15)13-19(3)11-14-6-5-9-17-10-14/h5-6,9-10,15,18H,4,7-8,11-13H2,1-3H3. The van der Waals surface area contributed by atoms with Gasteiger partial charge in [0.15, 0.2) is 0 Å². The lowest BCUT2D eigenvalue weighted by Gasteiger charge is -2.33. The summed E-state index contributed by atoms with van der Waals surface area (Å²) in [5.41, 5.74) is 1.65. The Hall–Kier alpha value is -0.930. The van der Waals surface area contributed by atoms with Gasteiger partial charge in [0, 0.05) is 38.1 Å². The maximum absolute atomic E-state index is 4.18. The van der Waals surface area contributed by atoms with Crippen molar-refractivity contribution in [3.05, 3.63) is 30.1 Å². The first-order chi connectivity index (χ1) is 9.11. The summed E-state index contributed by atoms with van der Waals surface area (Å²) in [5, 5.41) is 3.68. The van der Waals surface area contributed by atoms with Gasteiger partial charge >= 0.3 is 0 Å². The summed E-state index contributed by atoms with van der Waals surface area (Å²) in [6.45, 7) is 7.92. The normalized spacial score (nSPS) is 18.5. The minimum Gasteiger partial charge on any atom is -0.313 e. The van der Waals surface area contributed by atoms with Crippen molar-refractivity contribution in [3.63, 3.8) is 0 Å². The van der Waals surface area contributed by atoms with Crippen LogP contribution >= 0.6 is 0 Å². The summed E-state index contributed by atoms with van der Waals surface area (Å²) in [5.74, 6) is 0. The number of hydrogen-bond donors (Lipinski definition) is 1. The minimum absolute atomic E-state index is 0.361. The lowest BCUT2D eigenvalue weighted by atomic mass is 9.86. The average molecular weight is 261 g/mol. The van der Waals surface area contributed by atoms with E-state index >= 15 is 0 Å². The molecule has 1 atom stereocenters. The third kappa shape index (κ3) is 4.92. The molecule has 2 rings (SSSR count). The van der Waals surface area contributed by atoms with E-state index in [9.17, 15) is 0 Å². The Morgan fingerprint density at radius 1 is 1.47 bits per heavy atom. The summed E-state index contributed by atoms with van der Waals surface area (Å²) >= 11 is 0. The zero-order chi connectivity index (χ0) is 13.7. The molecule has 106 valence electrons. The molecule has 0 amide bonds. The molecule has 0 bridgehead atoms. The lowest BCUT2D eigenvalue weighted by Crippen LogP contribution is -2.41. The molecule has 0 aliphatic heterocycles. The van der Waals surface area contributed by atoms with Crippen molar-refractivity contribution in [1.82, 2.24) is 15.2 Å². The second-order valence-corrected chi connectivity index (χ2v) is 6.35. The van der Waals surface area contributed by atoms with Gasteiger partial charge in [-0.1, -0.05) is 19.9 Å². The highest BCUT2D eigenvalue weighted by Gasteiger charge is 2.28. The zero-order valence-corrected chi connectivity index (χ0v) is 12.5. The van der Waals surface area contributed by atoms with Gasteiger partial charge < -0.3 is 10.2 Å². The van der Waals surface area contributed by atoms with Gasteiger partial charge in [-0.2, -0.15) is 0 Å². The molecule has 1 aliphatic carbocycles. The number of nitrogens with zero attached hydrogens (tertiary/aromatic N) is 2. The molecule has 1 saturated carbocycles. The van der Waals surface area contributed by atoms with Crippen molar-refractivity contribution >= 4 is 0 Å². The molecule has 1 aromatic rings.